The summed E-state index contributed by atoms with van der Waals surface area (Å²) >= 11 is 3.93. The minimum absolute atomic E-state index is 0.0190. The number of methoxy groups -OCH3 is 1. The van der Waals surface area contributed by atoms with Crippen molar-refractivity contribution in [3.8, 4) is 5.75 Å². The van der Waals surface area contributed by atoms with E-state index in [4.69, 9.17) is 4.74 Å². The summed E-state index contributed by atoms with van der Waals surface area (Å²) in [6.45, 7) is 1.54. The molecule has 0 bridgehead atoms. The minimum atomic E-state index is -3.78. The monoisotopic (exact) mass is 378 g/mol. The van der Waals surface area contributed by atoms with Crippen LogP contribution in [0.5, 0.6) is 5.75 Å². The maximum atomic E-state index is 12.2. The van der Waals surface area contributed by atoms with Crippen LogP contribution in [0.2, 0.25) is 0 Å². The van der Waals surface area contributed by atoms with Gasteiger partial charge in [0.25, 0.3) is 10.0 Å². The molecule has 0 amide bonds. The van der Waals surface area contributed by atoms with E-state index in [-0.39, 0.29) is 4.21 Å². The number of aromatic nitrogens is 1. The number of thiazole rings is 1. The summed E-state index contributed by atoms with van der Waals surface area (Å²) in [5.41, 5.74) is 0.693. The van der Waals surface area contributed by atoms with E-state index in [9.17, 15) is 13.2 Å². The molecule has 0 aliphatic rings. The number of ether oxygens (including phenoxy) is 1. The van der Waals surface area contributed by atoms with Crippen molar-refractivity contribution < 1.29 is 13.2 Å². The van der Waals surface area contributed by atoms with Gasteiger partial charge in [0.15, 0.2) is 4.21 Å². The van der Waals surface area contributed by atoms with Crippen LogP contribution in [0.1, 0.15) is 5.69 Å². The maximum Gasteiger partial charge on any atom is 0.306 e. The van der Waals surface area contributed by atoms with Gasteiger partial charge in [-0.15, -0.1) is 0 Å². The van der Waals surface area contributed by atoms with Gasteiger partial charge >= 0.3 is 4.87 Å². The van der Waals surface area contributed by atoms with Crippen molar-refractivity contribution >= 4 is 43.0 Å². The number of H-pyrrole nitrogens is 1. The molecule has 0 atom stereocenters. The van der Waals surface area contributed by atoms with E-state index in [2.05, 4.69) is 25.6 Å². The lowest BCUT2D eigenvalue weighted by molar-refractivity contribution is 0.412. The average Bonchev–Trinajstić information content (AvgIpc) is 2.69. The summed E-state index contributed by atoms with van der Waals surface area (Å²) < 4.78 is 32.5. The number of rotatable bonds is 4. The minimum Gasteiger partial charge on any atom is -0.496 e. The molecule has 0 fully saturated rings. The van der Waals surface area contributed by atoms with Crippen molar-refractivity contribution in [1.29, 1.82) is 0 Å². The molecule has 0 radical (unpaired) electrons. The van der Waals surface area contributed by atoms with Crippen LogP contribution in [0.3, 0.4) is 0 Å². The Morgan fingerprint density at radius 2 is 2.10 bits per heavy atom. The largest absolute Gasteiger partial charge is 0.496 e. The van der Waals surface area contributed by atoms with E-state index in [0.29, 0.717) is 32.9 Å². The van der Waals surface area contributed by atoms with Crippen LogP contribution in [0.25, 0.3) is 0 Å². The lowest BCUT2D eigenvalue weighted by Gasteiger charge is -2.09. The Morgan fingerprint density at radius 3 is 2.60 bits per heavy atom. The average molecular weight is 379 g/mol. The SMILES string of the molecule is COc1ccc(NS(=O)(=O)c2sc(=O)[nH]c2C)cc1Br. The van der Waals surface area contributed by atoms with E-state index in [1.54, 1.807) is 18.2 Å². The zero-order valence-electron chi connectivity index (χ0n) is 10.6. The van der Waals surface area contributed by atoms with E-state index in [1.165, 1.54) is 14.0 Å². The zero-order chi connectivity index (χ0) is 14.9. The molecule has 0 unspecified atom stereocenters. The van der Waals surface area contributed by atoms with Crippen molar-refractivity contribution in [3.63, 3.8) is 0 Å². The van der Waals surface area contributed by atoms with Crippen LogP contribution in [0.15, 0.2) is 31.7 Å². The fourth-order valence-electron chi connectivity index (χ4n) is 1.58. The first-order valence-electron chi connectivity index (χ1n) is 5.39. The van der Waals surface area contributed by atoms with Crippen LogP contribution < -0.4 is 14.3 Å². The fraction of sp³-hybridized carbons (Fsp3) is 0.182. The van der Waals surface area contributed by atoms with Gasteiger partial charge in [-0.25, -0.2) is 8.42 Å². The molecule has 1 aromatic heterocycles. The molecule has 108 valence electrons. The maximum absolute atomic E-state index is 12.2. The molecule has 0 saturated carbocycles. The van der Waals surface area contributed by atoms with Crippen molar-refractivity contribution in [3.05, 3.63) is 38.0 Å². The second kappa shape index (κ2) is 5.58. The Hall–Kier alpha value is -1.32. The number of hydrogen-bond acceptors (Lipinski definition) is 5. The Balaban J connectivity index is 2.36. The molecule has 1 aromatic carbocycles. The smallest absolute Gasteiger partial charge is 0.306 e. The van der Waals surface area contributed by atoms with Gasteiger partial charge in [-0.1, -0.05) is 11.3 Å². The zero-order valence-corrected chi connectivity index (χ0v) is 13.8. The second-order valence-electron chi connectivity index (χ2n) is 3.88. The standard InChI is InChI=1S/C11H11BrN2O4S2/c1-6-10(19-11(15)13-6)20(16,17)14-7-3-4-9(18-2)8(12)5-7/h3-5,14H,1-2H3,(H,13,15). The predicted molar refractivity (Wildman–Crippen MR) is 81.2 cm³/mol. The van der Waals surface area contributed by atoms with Crippen LogP contribution in [0.4, 0.5) is 5.69 Å². The first kappa shape index (κ1) is 15.1. The first-order chi connectivity index (χ1) is 9.33. The van der Waals surface area contributed by atoms with Gasteiger partial charge in [-0.3, -0.25) is 9.52 Å². The lowest BCUT2D eigenvalue weighted by atomic mass is 10.3. The molecular weight excluding hydrogens is 368 g/mol. The van der Waals surface area contributed by atoms with Crippen LogP contribution in [-0.2, 0) is 10.0 Å². The molecule has 0 saturated heterocycles. The Morgan fingerprint density at radius 1 is 1.40 bits per heavy atom. The number of hydrogen-bond donors (Lipinski definition) is 2. The Labute approximate surface area is 128 Å². The number of anilines is 1. The molecule has 0 aliphatic heterocycles. The summed E-state index contributed by atoms with van der Waals surface area (Å²) in [5, 5.41) is 0. The summed E-state index contributed by atoms with van der Waals surface area (Å²) in [4.78, 5) is 13.2. The summed E-state index contributed by atoms with van der Waals surface area (Å²) in [7, 11) is -2.27. The molecule has 2 rings (SSSR count). The van der Waals surface area contributed by atoms with E-state index < -0.39 is 14.9 Å². The van der Waals surface area contributed by atoms with Gasteiger partial charge in [0.2, 0.25) is 0 Å². The second-order valence-corrected chi connectivity index (χ2v) is 7.60. The van der Waals surface area contributed by atoms with Gasteiger partial charge in [0, 0.05) is 5.69 Å². The summed E-state index contributed by atoms with van der Waals surface area (Å²) in [5.74, 6) is 0.593. The van der Waals surface area contributed by atoms with E-state index >= 15 is 0 Å². The molecule has 2 N–H and O–H groups in total. The molecule has 2 aromatic rings. The van der Waals surface area contributed by atoms with Gasteiger partial charge in [0.05, 0.1) is 17.3 Å². The third-order valence-electron chi connectivity index (χ3n) is 2.43. The number of sulfonamides is 1. The molecule has 0 spiro atoms. The Bertz CT molecular complexity index is 795. The highest BCUT2D eigenvalue weighted by Crippen LogP contribution is 2.29. The molecular formula is C11H11BrN2O4S2. The van der Waals surface area contributed by atoms with Crippen molar-refractivity contribution in [2.45, 2.75) is 11.1 Å². The molecule has 6 nitrogen and oxygen atoms in total. The molecule has 1 heterocycles. The van der Waals surface area contributed by atoms with Gasteiger partial charge in [0.1, 0.15) is 5.75 Å². The highest BCUT2D eigenvalue weighted by molar-refractivity contribution is 9.10. The normalized spacial score (nSPS) is 11.3. The topological polar surface area (TPSA) is 88.3 Å². The van der Waals surface area contributed by atoms with Crippen LogP contribution in [0, 0.1) is 6.92 Å². The fourth-order valence-corrected chi connectivity index (χ4v) is 4.47. The van der Waals surface area contributed by atoms with Crippen molar-refractivity contribution in [1.82, 2.24) is 4.98 Å². The predicted octanol–water partition coefficient (Wildman–Crippen LogP) is 2.32. The molecule has 20 heavy (non-hydrogen) atoms. The number of halogens is 1. The number of aryl methyl sites for hydroxylation is 1. The first-order valence-corrected chi connectivity index (χ1v) is 8.49. The summed E-state index contributed by atoms with van der Waals surface area (Å²) in [6, 6.07) is 4.79. The van der Waals surface area contributed by atoms with Gasteiger partial charge in [-0.05, 0) is 41.1 Å². The summed E-state index contributed by atoms with van der Waals surface area (Å²) in [6.07, 6.45) is 0. The van der Waals surface area contributed by atoms with Gasteiger partial charge < -0.3 is 9.72 Å². The van der Waals surface area contributed by atoms with Crippen molar-refractivity contribution in [2.24, 2.45) is 0 Å². The number of nitrogens with one attached hydrogen (secondary N) is 2. The van der Waals surface area contributed by atoms with Crippen LogP contribution in [-0.4, -0.2) is 20.5 Å². The third-order valence-corrected chi connectivity index (χ3v) is 6.03. The molecule has 0 aliphatic carbocycles. The molecule has 9 heteroatoms. The van der Waals surface area contributed by atoms with Crippen LogP contribution >= 0.6 is 27.3 Å². The lowest BCUT2D eigenvalue weighted by Crippen LogP contribution is -2.12. The van der Waals surface area contributed by atoms with Crippen molar-refractivity contribution in [2.75, 3.05) is 11.8 Å². The van der Waals surface area contributed by atoms with Gasteiger partial charge in [-0.2, -0.15) is 0 Å². The highest BCUT2D eigenvalue weighted by atomic mass is 79.9. The van der Waals surface area contributed by atoms with E-state index in [1.807, 2.05) is 0 Å². The number of benzene rings is 1. The van der Waals surface area contributed by atoms with E-state index in [0.717, 1.165) is 0 Å². The number of aromatic amines is 1. The third kappa shape index (κ3) is 3.05. The quantitative estimate of drug-likeness (QED) is 0.854. The highest BCUT2D eigenvalue weighted by Gasteiger charge is 2.21. The Kier molecular flexibility index (Phi) is 4.21.